The lowest BCUT2D eigenvalue weighted by atomic mass is 10.2. The van der Waals surface area contributed by atoms with Crippen LogP contribution >= 0.6 is 11.6 Å². The molecule has 0 amide bonds. The minimum absolute atomic E-state index is 0.716. The zero-order valence-electron chi connectivity index (χ0n) is 14.2. The second kappa shape index (κ2) is 7.69. The molecule has 1 N–H and O–H groups in total. The molecule has 0 atom stereocenters. The van der Waals surface area contributed by atoms with Crippen LogP contribution in [0.25, 0.3) is 0 Å². The van der Waals surface area contributed by atoms with E-state index in [1.54, 1.807) is 0 Å². The highest BCUT2D eigenvalue weighted by Crippen LogP contribution is 2.20. The molecule has 24 heavy (non-hydrogen) atoms. The van der Waals surface area contributed by atoms with Gasteiger partial charge < -0.3 is 15.1 Å². The van der Waals surface area contributed by atoms with Crippen LogP contribution in [0.4, 0.5) is 11.4 Å². The number of rotatable bonds is 2. The van der Waals surface area contributed by atoms with E-state index in [9.17, 15) is 0 Å². The van der Waals surface area contributed by atoms with E-state index in [0.717, 1.165) is 49.1 Å². The minimum Gasteiger partial charge on any atom is -0.340 e. The van der Waals surface area contributed by atoms with E-state index in [0.29, 0.717) is 5.02 Å². The lowest BCUT2D eigenvalue weighted by molar-refractivity contribution is 0.215. The van der Waals surface area contributed by atoms with E-state index in [-0.39, 0.29) is 0 Å². The van der Waals surface area contributed by atoms with Crippen molar-refractivity contribution in [1.29, 1.82) is 0 Å². The molecule has 0 aromatic heterocycles. The van der Waals surface area contributed by atoms with Crippen LogP contribution in [-0.2, 0) is 0 Å². The molecule has 2 aromatic carbocycles. The van der Waals surface area contributed by atoms with Gasteiger partial charge in [0.15, 0.2) is 0 Å². The zero-order chi connectivity index (χ0) is 16.9. The van der Waals surface area contributed by atoms with Crippen molar-refractivity contribution in [2.24, 2.45) is 4.99 Å². The predicted molar refractivity (Wildman–Crippen MR) is 102 cm³/mol. The predicted octanol–water partition coefficient (Wildman–Crippen LogP) is 4.00. The summed E-state index contributed by atoms with van der Waals surface area (Å²) in [5.74, 6) is 0.875. The summed E-state index contributed by atoms with van der Waals surface area (Å²) in [5.41, 5.74) is 3.10. The fourth-order valence-corrected chi connectivity index (χ4v) is 2.88. The molecular formula is C19H23ClN4. The SMILES string of the molecule is Cc1ccccc1N=C(Nc1cccc(Cl)c1)N1CCN(C)CC1. The number of halogens is 1. The molecule has 5 heteroatoms. The third kappa shape index (κ3) is 4.28. The molecule has 0 saturated carbocycles. The molecule has 2 aromatic rings. The average Bonchev–Trinajstić information content (AvgIpc) is 2.57. The van der Waals surface area contributed by atoms with Crippen molar-refractivity contribution < 1.29 is 0 Å². The van der Waals surface area contributed by atoms with Crippen molar-refractivity contribution in [3.63, 3.8) is 0 Å². The van der Waals surface area contributed by atoms with Crippen LogP contribution in [0.5, 0.6) is 0 Å². The Labute approximate surface area is 148 Å². The summed E-state index contributed by atoms with van der Waals surface area (Å²) in [6.45, 7) is 6.05. The fourth-order valence-electron chi connectivity index (χ4n) is 2.69. The molecule has 1 heterocycles. The Morgan fingerprint density at radius 2 is 1.79 bits per heavy atom. The lowest BCUT2D eigenvalue weighted by Crippen LogP contribution is -2.49. The Bertz CT molecular complexity index is 721. The molecule has 0 bridgehead atoms. The first-order valence-electron chi connectivity index (χ1n) is 8.22. The molecule has 0 spiro atoms. The van der Waals surface area contributed by atoms with Crippen LogP contribution in [0.2, 0.25) is 5.02 Å². The van der Waals surface area contributed by atoms with Crippen LogP contribution < -0.4 is 5.32 Å². The van der Waals surface area contributed by atoms with Gasteiger partial charge in [-0.3, -0.25) is 0 Å². The quantitative estimate of drug-likeness (QED) is 0.661. The van der Waals surface area contributed by atoms with Crippen molar-refractivity contribution in [3.05, 3.63) is 59.1 Å². The Kier molecular flexibility index (Phi) is 5.38. The van der Waals surface area contributed by atoms with E-state index in [2.05, 4.69) is 35.2 Å². The lowest BCUT2D eigenvalue weighted by Gasteiger charge is -2.34. The maximum absolute atomic E-state index is 6.12. The fraction of sp³-hybridized carbons (Fsp3) is 0.316. The molecule has 1 saturated heterocycles. The van der Waals surface area contributed by atoms with Crippen molar-refractivity contribution in [1.82, 2.24) is 9.80 Å². The van der Waals surface area contributed by atoms with Crippen LogP contribution in [-0.4, -0.2) is 49.0 Å². The molecule has 126 valence electrons. The summed E-state index contributed by atoms with van der Waals surface area (Å²) in [6.07, 6.45) is 0. The Balaban J connectivity index is 1.90. The monoisotopic (exact) mass is 342 g/mol. The van der Waals surface area contributed by atoms with Gasteiger partial charge in [-0.05, 0) is 43.8 Å². The molecule has 1 aliphatic rings. The standard InChI is InChI=1S/C19H23ClN4/c1-15-6-3-4-9-18(15)22-19(24-12-10-23(2)11-13-24)21-17-8-5-7-16(20)14-17/h3-9,14H,10-13H2,1-2H3,(H,21,22). The number of anilines is 1. The van der Waals surface area contributed by atoms with Gasteiger partial charge >= 0.3 is 0 Å². The molecule has 1 fully saturated rings. The largest absolute Gasteiger partial charge is 0.340 e. The summed E-state index contributed by atoms with van der Waals surface area (Å²) < 4.78 is 0. The average molecular weight is 343 g/mol. The third-order valence-electron chi connectivity index (χ3n) is 4.23. The van der Waals surface area contributed by atoms with Gasteiger partial charge in [0.2, 0.25) is 5.96 Å². The first-order chi connectivity index (χ1) is 11.6. The van der Waals surface area contributed by atoms with Crippen molar-refractivity contribution in [2.75, 3.05) is 38.5 Å². The van der Waals surface area contributed by atoms with Crippen LogP contribution in [0.1, 0.15) is 5.56 Å². The van der Waals surface area contributed by atoms with Gasteiger partial charge in [0, 0.05) is 36.9 Å². The number of likely N-dealkylation sites (N-methyl/N-ethyl adjacent to an activating group) is 1. The number of hydrogen-bond acceptors (Lipinski definition) is 2. The molecule has 4 nitrogen and oxygen atoms in total. The Morgan fingerprint density at radius 3 is 2.50 bits per heavy atom. The van der Waals surface area contributed by atoms with Gasteiger partial charge in [-0.15, -0.1) is 0 Å². The second-order valence-corrected chi connectivity index (χ2v) is 6.58. The summed E-state index contributed by atoms with van der Waals surface area (Å²) in [6, 6.07) is 15.9. The van der Waals surface area contributed by atoms with Gasteiger partial charge in [0.1, 0.15) is 0 Å². The normalized spacial score (nSPS) is 16.3. The zero-order valence-corrected chi connectivity index (χ0v) is 14.9. The highest BCUT2D eigenvalue weighted by molar-refractivity contribution is 6.30. The van der Waals surface area contributed by atoms with Gasteiger partial charge in [0.05, 0.1) is 5.69 Å². The van der Waals surface area contributed by atoms with E-state index < -0.39 is 0 Å². The molecule has 0 aliphatic carbocycles. The second-order valence-electron chi connectivity index (χ2n) is 6.15. The maximum Gasteiger partial charge on any atom is 0.203 e. The number of hydrogen-bond donors (Lipinski definition) is 1. The van der Waals surface area contributed by atoms with E-state index in [1.165, 1.54) is 0 Å². The first-order valence-corrected chi connectivity index (χ1v) is 8.60. The minimum atomic E-state index is 0.716. The highest BCUT2D eigenvalue weighted by atomic mass is 35.5. The van der Waals surface area contributed by atoms with E-state index in [4.69, 9.17) is 16.6 Å². The highest BCUT2D eigenvalue weighted by Gasteiger charge is 2.18. The molecule has 1 aliphatic heterocycles. The topological polar surface area (TPSA) is 30.9 Å². The molecular weight excluding hydrogens is 320 g/mol. The van der Waals surface area contributed by atoms with Gasteiger partial charge in [-0.1, -0.05) is 35.9 Å². The van der Waals surface area contributed by atoms with Crippen LogP contribution in [0, 0.1) is 6.92 Å². The third-order valence-corrected chi connectivity index (χ3v) is 4.46. The van der Waals surface area contributed by atoms with Gasteiger partial charge in [-0.2, -0.15) is 0 Å². The summed E-state index contributed by atoms with van der Waals surface area (Å²) in [7, 11) is 2.15. The van der Waals surface area contributed by atoms with Crippen molar-refractivity contribution in [2.45, 2.75) is 6.92 Å². The number of guanidine groups is 1. The first kappa shape index (κ1) is 16.8. The number of piperazine rings is 1. The van der Waals surface area contributed by atoms with E-state index >= 15 is 0 Å². The maximum atomic E-state index is 6.12. The van der Waals surface area contributed by atoms with E-state index in [1.807, 2.05) is 42.5 Å². The summed E-state index contributed by atoms with van der Waals surface area (Å²) in [4.78, 5) is 9.54. The molecule has 0 radical (unpaired) electrons. The number of para-hydroxylation sites is 1. The van der Waals surface area contributed by atoms with Crippen molar-refractivity contribution in [3.8, 4) is 0 Å². The number of benzene rings is 2. The number of aliphatic imine (C=N–C) groups is 1. The molecule has 0 unspecified atom stereocenters. The van der Waals surface area contributed by atoms with Gasteiger partial charge in [-0.25, -0.2) is 4.99 Å². The Morgan fingerprint density at radius 1 is 1.04 bits per heavy atom. The summed E-state index contributed by atoms with van der Waals surface area (Å²) >= 11 is 6.12. The van der Waals surface area contributed by atoms with Crippen LogP contribution in [0.3, 0.4) is 0 Å². The molecule has 3 rings (SSSR count). The number of aryl methyl sites for hydroxylation is 1. The van der Waals surface area contributed by atoms with Crippen molar-refractivity contribution >= 4 is 28.9 Å². The van der Waals surface area contributed by atoms with Gasteiger partial charge in [0.25, 0.3) is 0 Å². The van der Waals surface area contributed by atoms with Crippen LogP contribution in [0.15, 0.2) is 53.5 Å². The number of nitrogens with one attached hydrogen (secondary N) is 1. The smallest absolute Gasteiger partial charge is 0.203 e. The Hall–Kier alpha value is -2.04. The number of nitrogens with zero attached hydrogens (tertiary/aromatic N) is 3. The summed E-state index contributed by atoms with van der Waals surface area (Å²) in [5, 5.41) is 4.17.